The van der Waals surface area contributed by atoms with Crippen LogP contribution in [0.5, 0.6) is 0 Å². The number of aliphatic hydroxyl groups is 1. The monoisotopic (exact) mass is 277 g/mol. The van der Waals surface area contributed by atoms with Crippen molar-refractivity contribution in [2.45, 2.75) is 13.0 Å². The number of aliphatic carboxylic acids is 1. The maximum atomic E-state index is 11.9. The van der Waals surface area contributed by atoms with Gasteiger partial charge in [0.25, 0.3) is 0 Å². The largest absolute Gasteiger partial charge is 0.512 e. The molecule has 1 aliphatic rings. The molecule has 2 N–H and O–H groups in total. The van der Waals surface area contributed by atoms with Crippen molar-refractivity contribution in [1.82, 2.24) is 4.90 Å². The van der Waals surface area contributed by atoms with E-state index in [0.717, 1.165) is 5.56 Å². The minimum absolute atomic E-state index is 0.127. The van der Waals surface area contributed by atoms with E-state index in [4.69, 9.17) is 9.84 Å². The fraction of sp³-hybridized carbons (Fsp3) is 0.286. The first-order valence-electron chi connectivity index (χ1n) is 6.18. The van der Waals surface area contributed by atoms with E-state index in [0.29, 0.717) is 0 Å². The topological polar surface area (TPSA) is 87.1 Å². The van der Waals surface area contributed by atoms with Crippen LogP contribution in [0.15, 0.2) is 41.7 Å². The lowest BCUT2D eigenvalue weighted by atomic mass is 10.1. The van der Waals surface area contributed by atoms with E-state index in [-0.39, 0.29) is 37.4 Å². The maximum absolute atomic E-state index is 11.9. The summed E-state index contributed by atoms with van der Waals surface area (Å²) < 4.78 is 5.12. The summed E-state index contributed by atoms with van der Waals surface area (Å²) in [6.45, 7) is 0.235. The molecule has 1 aromatic rings. The summed E-state index contributed by atoms with van der Waals surface area (Å²) in [6.07, 6.45) is -0.456. The van der Waals surface area contributed by atoms with Crippen LogP contribution in [0.1, 0.15) is 12.0 Å². The Morgan fingerprint density at radius 1 is 1.25 bits per heavy atom. The minimum atomic E-state index is -1.22. The number of amides is 1. The van der Waals surface area contributed by atoms with Crippen molar-refractivity contribution in [3.8, 4) is 0 Å². The summed E-state index contributed by atoms with van der Waals surface area (Å²) in [6, 6.07) is 9.21. The van der Waals surface area contributed by atoms with Gasteiger partial charge in [-0.15, -0.1) is 0 Å². The molecule has 1 aromatic carbocycles. The summed E-state index contributed by atoms with van der Waals surface area (Å²) >= 11 is 0. The van der Waals surface area contributed by atoms with E-state index >= 15 is 0 Å². The smallest absolute Gasteiger partial charge is 0.410 e. The van der Waals surface area contributed by atoms with Crippen LogP contribution < -0.4 is 0 Å². The average Bonchev–Trinajstić information content (AvgIpc) is 2.46. The molecular weight excluding hydrogens is 262 g/mol. The Morgan fingerprint density at radius 2 is 1.95 bits per heavy atom. The van der Waals surface area contributed by atoms with Gasteiger partial charge in [-0.2, -0.15) is 0 Å². The highest BCUT2D eigenvalue weighted by Crippen LogP contribution is 2.17. The van der Waals surface area contributed by atoms with Crippen molar-refractivity contribution in [3.05, 3.63) is 47.2 Å². The average molecular weight is 277 g/mol. The third-order valence-corrected chi connectivity index (χ3v) is 3.04. The van der Waals surface area contributed by atoms with Gasteiger partial charge in [0.2, 0.25) is 0 Å². The Hall–Kier alpha value is -2.50. The molecule has 0 aliphatic carbocycles. The molecule has 0 saturated heterocycles. The van der Waals surface area contributed by atoms with Crippen LogP contribution in [0, 0.1) is 0 Å². The molecular formula is C14H15NO5. The second-order valence-corrected chi connectivity index (χ2v) is 4.44. The van der Waals surface area contributed by atoms with Crippen molar-refractivity contribution < 1.29 is 24.5 Å². The number of carboxylic acid groups (broad SMARTS) is 1. The van der Waals surface area contributed by atoms with Crippen molar-refractivity contribution in [1.29, 1.82) is 0 Å². The zero-order chi connectivity index (χ0) is 14.5. The van der Waals surface area contributed by atoms with Gasteiger partial charge in [0.05, 0.1) is 12.1 Å². The predicted octanol–water partition coefficient (Wildman–Crippen LogP) is 1.93. The third-order valence-electron chi connectivity index (χ3n) is 3.04. The molecule has 1 heterocycles. The van der Waals surface area contributed by atoms with Gasteiger partial charge in [0.1, 0.15) is 12.4 Å². The molecule has 2 rings (SSSR count). The fourth-order valence-corrected chi connectivity index (χ4v) is 1.91. The van der Waals surface area contributed by atoms with Crippen LogP contribution in [0.2, 0.25) is 0 Å². The lowest BCUT2D eigenvalue weighted by molar-refractivity contribution is -0.133. The number of carboxylic acids is 1. The molecule has 1 aliphatic heterocycles. The second kappa shape index (κ2) is 6.10. The normalized spacial score (nSPS) is 15.1. The number of carbonyl (C=O) groups is 2. The Labute approximate surface area is 115 Å². The van der Waals surface area contributed by atoms with E-state index < -0.39 is 12.1 Å². The predicted molar refractivity (Wildman–Crippen MR) is 70.1 cm³/mol. The summed E-state index contributed by atoms with van der Waals surface area (Å²) in [5, 5.41) is 18.4. The second-order valence-electron chi connectivity index (χ2n) is 4.44. The van der Waals surface area contributed by atoms with Crippen LogP contribution in [-0.4, -0.2) is 40.3 Å². The number of nitrogens with zero attached hydrogens (tertiary/aromatic N) is 1. The number of benzene rings is 1. The molecule has 0 atom stereocenters. The Balaban J connectivity index is 1.93. The molecule has 0 aromatic heterocycles. The van der Waals surface area contributed by atoms with Gasteiger partial charge in [-0.1, -0.05) is 30.3 Å². The maximum Gasteiger partial charge on any atom is 0.410 e. The number of carbonyl (C=O) groups excluding carboxylic acids is 1. The fourth-order valence-electron chi connectivity index (χ4n) is 1.91. The summed E-state index contributed by atoms with van der Waals surface area (Å²) in [5.74, 6) is -1.40. The first-order chi connectivity index (χ1) is 9.58. The lowest BCUT2D eigenvalue weighted by Gasteiger charge is -2.26. The molecule has 6 nitrogen and oxygen atoms in total. The van der Waals surface area contributed by atoms with E-state index in [1.165, 1.54) is 4.90 Å². The molecule has 0 spiro atoms. The minimum Gasteiger partial charge on any atom is -0.512 e. The molecule has 0 saturated carbocycles. The highest BCUT2D eigenvalue weighted by Gasteiger charge is 2.27. The van der Waals surface area contributed by atoms with Gasteiger partial charge in [-0.3, -0.25) is 0 Å². The quantitative estimate of drug-likeness (QED) is 0.881. The lowest BCUT2D eigenvalue weighted by Crippen LogP contribution is -2.39. The van der Waals surface area contributed by atoms with Gasteiger partial charge < -0.3 is 19.8 Å². The number of aliphatic hydroxyl groups excluding tert-OH is 1. The molecule has 0 fully saturated rings. The SMILES string of the molecule is O=C(O)C1=C(O)CCN(C(=O)OCc2ccccc2)C1. The standard InChI is InChI=1S/C14H15NO5/c16-12-6-7-15(8-11(12)13(17)18)14(19)20-9-10-4-2-1-3-5-10/h1-5,16H,6-9H2,(H,17,18). The highest BCUT2D eigenvalue weighted by molar-refractivity contribution is 5.88. The molecule has 20 heavy (non-hydrogen) atoms. The number of hydrogen-bond donors (Lipinski definition) is 2. The van der Waals surface area contributed by atoms with E-state index in [1.807, 2.05) is 30.3 Å². The van der Waals surface area contributed by atoms with Crippen LogP contribution >= 0.6 is 0 Å². The summed E-state index contributed by atoms with van der Waals surface area (Å²) in [4.78, 5) is 24.0. The first kappa shape index (κ1) is 13.9. The highest BCUT2D eigenvalue weighted by atomic mass is 16.6. The van der Waals surface area contributed by atoms with Crippen LogP contribution in [-0.2, 0) is 16.1 Å². The molecule has 106 valence electrons. The first-order valence-corrected chi connectivity index (χ1v) is 6.18. The van der Waals surface area contributed by atoms with E-state index in [9.17, 15) is 14.7 Å². The molecule has 0 radical (unpaired) electrons. The number of rotatable bonds is 3. The number of hydrogen-bond acceptors (Lipinski definition) is 4. The van der Waals surface area contributed by atoms with Crippen molar-refractivity contribution in [2.75, 3.05) is 13.1 Å². The summed E-state index contributed by atoms with van der Waals surface area (Å²) in [7, 11) is 0. The van der Waals surface area contributed by atoms with Crippen LogP contribution in [0.4, 0.5) is 4.79 Å². The summed E-state index contributed by atoms with van der Waals surface area (Å²) in [5.41, 5.74) is 0.697. The van der Waals surface area contributed by atoms with Crippen molar-refractivity contribution >= 4 is 12.1 Å². The van der Waals surface area contributed by atoms with Crippen LogP contribution in [0.3, 0.4) is 0 Å². The van der Waals surface area contributed by atoms with E-state index in [1.54, 1.807) is 0 Å². The van der Waals surface area contributed by atoms with Gasteiger partial charge in [-0.25, -0.2) is 9.59 Å². The van der Waals surface area contributed by atoms with Gasteiger partial charge in [-0.05, 0) is 5.56 Å². The van der Waals surface area contributed by atoms with Gasteiger partial charge in [0.15, 0.2) is 0 Å². The van der Waals surface area contributed by atoms with Crippen molar-refractivity contribution in [3.63, 3.8) is 0 Å². The van der Waals surface area contributed by atoms with E-state index in [2.05, 4.69) is 0 Å². The zero-order valence-corrected chi connectivity index (χ0v) is 10.8. The Morgan fingerprint density at radius 3 is 2.60 bits per heavy atom. The van der Waals surface area contributed by atoms with Crippen LogP contribution in [0.25, 0.3) is 0 Å². The molecule has 0 bridgehead atoms. The number of ether oxygens (including phenoxy) is 1. The van der Waals surface area contributed by atoms with Crippen molar-refractivity contribution in [2.24, 2.45) is 0 Å². The Bertz CT molecular complexity index is 538. The zero-order valence-electron chi connectivity index (χ0n) is 10.8. The molecule has 1 amide bonds. The van der Waals surface area contributed by atoms with Gasteiger partial charge >= 0.3 is 12.1 Å². The Kier molecular flexibility index (Phi) is 4.24. The third kappa shape index (κ3) is 3.28. The molecule has 6 heteroatoms. The van der Waals surface area contributed by atoms with Gasteiger partial charge in [0, 0.05) is 13.0 Å². The molecule has 0 unspecified atom stereocenters.